The second kappa shape index (κ2) is 6.44. The van der Waals surface area contributed by atoms with Crippen LogP contribution in [0.5, 0.6) is 23.0 Å². The topological polar surface area (TPSA) is 44.5 Å². The monoisotopic (exact) mass is 305 g/mol. The largest absolute Gasteiger partial charge is 0.457 e. The Morgan fingerprint density at radius 2 is 1.09 bits per heavy atom. The van der Waals surface area contributed by atoms with Gasteiger partial charge < -0.3 is 15.2 Å². The highest BCUT2D eigenvalue weighted by Gasteiger charge is 2.05. The molecule has 0 amide bonds. The highest BCUT2D eigenvalue weighted by Crippen LogP contribution is 2.31. The van der Waals surface area contributed by atoms with E-state index in [1.807, 2.05) is 68.4 Å². The first-order valence-corrected chi connectivity index (χ1v) is 7.48. The molecule has 0 fully saturated rings. The molecule has 116 valence electrons. The van der Waals surface area contributed by atoms with Gasteiger partial charge in [-0.15, -0.1) is 0 Å². The lowest BCUT2D eigenvalue weighted by molar-refractivity contribution is 0.460. The summed E-state index contributed by atoms with van der Waals surface area (Å²) in [4.78, 5) is 0. The van der Waals surface area contributed by atoms with Gasteiger partial charge in [0.2, 0.25) is 0 Å². The summed E-state index contributed by atoms with van der Waals surface area (Å²) in [6.45, 7) is 4.05. The number of nitrogens with two attached hydrogens (primary N) is 1. The number of benzene rings is 3. The van der Waals surface area contributed by atoms with E-state index in [0.717, 1.165) is 22.6 Å². The minimum atomic E-state index is 0.595. The van der Waals surface area contributed by atoms with Crippen LogP contribution in [0.3, 0.4) is 0 Å². The minimum absolute atomic E-state index is 0.595. The first-order chi connectivity index (χ1) is 11.1. The first-order valence-electron chi connectivity index (χ1n) is 7.48. The molecule has 0 unspecified atom stereocenters. The Hall–Kier alpha value is -2.94. The standard InChI is InChI=1S/C20H19NO2/c1-14-5-3-7-17(9-14)22-19-11-16(21)12-20(13-19)23-18-8-4-6-15(2)10-18/h3-13H,21H2,1-2H3. The van der Waals surface area contributed by atoms with Crippen molar-refractivity contribution in [3.63, 3.8) is 0 Å². The smallest absolute Gasteiger partial charge is 0.133 e. The SMILES string of the molecule is Cc1cccc(Oc2cc(N)cc(Oc3cccc(C)c3)c2)c1. The molecule has 0 saturated carbocycles. The molecule has 0 bridgehead atoms. The molecular formula is C20H19NO2. The van der Waals surface area contributed by atoms with Gasteiger partial charge in [0.05, 0.1) is 0 Å². The number of nitrogen functional groups attached to an aromatic ring is 1. The van der Waals surface area contributed by atoms with E-state index in [2.05, 4.69) is 0 Å². The Kier molecular flexibility index (Phi) is 4.20. The summed E-state index contributed by atoms with van der Waals surface area (Å²) in [6.07, 6.45) is 0. The van der Waals surface area contributed by atoms with Gasteiger partial charge in [0.1, 0.15) is 23.0 Å². The normalized spacial score (nSPS) is 10.3. The van der Waals surface area contributed by atoms with Crippen molar-refractivity contribution >= 4 is 5.69 Å². The number of aryl methyl sites for hydroxylation is 2. The van der Waals surface area contributed by atoms with Crippen LogP contribution >= 0.6 is 0 Å². The van der Waals surface area contributed by atoms with Crippen LogP contribution in [0.4, 0.5) is 5.69 Å². The van der Waals surface area contributed by atoms with E-state index in [1.165, 1.54) is 0 Å². The fraction of sp³-hybridized carbons (Fsp3) is 0.100. The summed E-state index contributed by atoms with van der Waals surface area (Å²) in [7, 11) is 0. The lowest BCUT2D eigenvalue weighted by Gasteiger charge is -2.11. The van der Waals surface area contributed by atoms with Crippen molar-refractivity contribution in [2.24, 2.45) is 0 Å². The zero-order chi connectivity index (χ0) is 16.2. The molecule has 0 aliphatic carbocycles. The van der Waals surface area contributed by atoms with Crippen molar-refractivity contribution in [3.05, 3.63) is 77.9 Å². The van der Waals surface area contributed by atoms with Crippen molar-refractivity contribution in [1.29, 1.82) is 0 Å². The molecule has 3 rings (SSSR count). The van der Waals surface area contributed by atoms with Crippen molar-refractivity contribution in [3.8, 4) is 23.0 Å². The van der Waals surface area contributed by atoms with Crippen LogP contribution < -0.4 is 15.2 Å². The molecule has 2 N–H and O–H groups in total. The van der Waals surface area contributed by atoms with E-state index < -0.39 is 0 Å². The second-order valence-corrected chi connectivity index (χ2v) is 5.57. The maximum Gasteiger partial charge on any atom is 0.133 e. The maximum atomic E-state index is 5.97. The van der Waals surface area contributed by atoms with Gasteiger partial charge in [0.25, 0.3) is 0 Å². The third-order valence-corrected chi connectivity index (χ3v) is 3.35. The third kappa shape index (κ3) is 4.04. The lowest BCUT2D eigenvalue weighted by Crippen LogP contribution is -1.92. The molecule has 0 aliphatic heterocycles. The predicted octanol–water partition coefficient (Wildman–Crippen LogP) is 5.47. The second-order valence-electron chi connectivity index (χ2n) is 5.57. The van der Waals surface area contributed by atoms with E-state index in [9.17, 15) is 0 Å². The van der Waals surface area contributed by atoms with Crippen molar-refractivity contribution < 1.29 is 9.47 Å². The first kappa shape index (κ1) is 15.0. The van der Waals surface area contributed by atoms with Crippen LogP contribution in [0.2, 0.25) is 0 Å². The van der Waals surface area contributed by atoms with E-state index in [-0.39, 0.29) is 0 Å². The average molecular weight is 305 g/mol. The fourth-order valence-electron chi connectivity index (χ4n) is 2.34. The van der Waals surface area contributed by atoms with Gasteiger partial charge >= 0.3 is 0 Å². The Morgan fingerprint density at radius 3 is 1.52 bits per heavy atom. The molecular weight excluding hydrogens is 286 g/mol. The summed E-state index contributed by atoms with van der Waals surface area (Å²) in [5.74, 6) is 2.85. The number of hydrogen-bond acceptors (Lipinski definition) is 3. The summed E-state index contributed by atoms with van der Waals surface area (Å²) in [5, 5.41) is 0. The summed E-state index contributed by atoms with van der Waals surface area (Å²) in [5.41, 5.74) is 8.84. The molecule has 0 aromatic heterocycles. The van der Waals surface area contributed by atoms with Gasteiger partial charge in [-0.25, -0.2) is 0 Å². The molecule has 0 heterocycles. The van der Waals surface area contributed by atoms with Crippen molar-refractivity contribution in [2.75, 3.05) is 5.73 Å². The number of anilines is 1. The van der Waals surface area contributed by atoms with Gasteiger partial charge in [0, 0.05) is 23.9 Å². The number of ether oxygens (including phenoxy) is 2. The van der Waals surface area contributed by atoms with Gasteiger partial charge in [-0.05, 0) is 49.2 Å². The van der Waals surface area contributed by atoms with Crippen LogP contribution in [0, 0.1) is 13.8 Å². The molecule has 0 atom stereocenters. The van der Waals surface area contributed by atoms with Gasteiger partial charge in [-0.2, -0.15) is 0 Å². The molecule has 3 heteroatoms. The Balaban J connectivity index is 1.84. The molecule has 3 aromatic rings. The summed E-state index contributed by atoms with van der Waals surface area (Å²) >= 11 is 0. The molecule has 3 nitrogen and oxygen atoms in total. The molecule has 0 spiro atoms. The summed E-state index contributed by atoms with van der Waals surface area (Å²) in [6, 6.07) is 21.2. The van der Waals surface area contributed by atoms with E-state index >= 15 is 0 Å². The van der Waals surface area contributed by atoms with Crippen molar-refractivity contribution in [2.45, 2.75) is 13.8 Å². The molecule has 0 saturated heterocycles. The number of hydrogen-bond donors (Lipinski definition) is 1. The Bertz CT molecular complexity index is 762. The highest BCUT2D eigenvalue weighted by atomic mass is 16.5. The van der Waals surface area contributed by atoms with E-state index in [1.54, 1.807) is 12.1 Å². The van der Waals surface area contributed by atoms with Crippen molar-refractivity contribution in [1.82, 2.24) is 0 Å². The Morgan fingerprint density at radius 1 is 0.609 bits per heavy atom. The van der Waals surface area contributed by atoms with Gasteiger partial charge in [0.15, 0.2) is 0 Å². The quantitative estimate of drug-likeness (QED) is 0.650. The van der Waals surface area contributed by atoms with Crippen LogP contribution in [0.25, 0.3) is 0 Å². The van der Waals surface area contributed by atoms with E-state index in [0.29, 0.717) is 17.2 Å². The lowest BCUT2D eigenvalue weighted by atomic mass is 10.2. The third-order valence-electron chi connectivity index (χ3n) is 3.35. The van der Waals surface area contributed by atoms with E-state index in [4.69, 9.17) is 15.2 Å². The fourth-order valence-corrected chi connectivity index (χ4v) is 2.34. The molecule has 23 heavy (non-hydrogen) atoms. The predicted molar refractivity (Wildman–Crippen MR) is 93.4 cm³/mol. The van der Waals surface area contributed by atoms with Crippen LogP contribution in [-0.2, 0) is 0 Å². The number of rotatable bonds is 4. The van der Waals surface area contributed by atoms with Gasteiger partial charge in [-0.1, -0.05) is 24.3 Å². The molecule has 0 radical (unpaired) electrons. The van der Waals surface area contributed by atoms with Gasteiger partial charge in [-0.3, -0.25) is 0 Å². The highest BCUT2D eigenvalue weighted by molar-refractivity contribution is 5.52. The zero-order valence-corrected chi connectivity index (χ0v) is 13.2. The molecule has 0 aliphatic rings. The zero-order valence-electron chi connectivity index (χ0n) is 13.2. The summed E-state index contributed by atoms with van der Waals surface area (Å²) < 4.78 is 11.8. The molecule has 3 aromatic carbocycles. The minimum Gasteiger partial charge on any atom is -0.457 e. The van der Waals surface area contributed by atoms with Crippen LogP contribution in [-0.4, -0.2) is 0 Å². The average Bonchev–Trinajstić information content (AvgIpc) is 2.46. The van der Waals surface area contributed by atoms with Crippen LogP contribution in [0.1, 0.15) is 11.1 Å². The van der Waals surface area contributed by atoms with Crippen LogP contribution in [0.15, 0.2) is 66.7 Å². The maximum absolute atomic E-state index is 5.97. The Labute approximate surface area is 136 Å².